The van der Waals surface area contributed by atoms with E-state index in [9.17, 15) is 18.3 Å². The molecule has 3 N–H and O–H groups in total. The zero-order valence-electron chi connectivity index (χ0n) is 14.1. The Bertz CT molecular complexity index is 902. The molecule has 144 valence electrons. The maximum Gasteiger partial charge on any atom is 0.416 e. The molecule has 0 saturated heterocycles. The molecule has 0 aliphatic carbocycles. The van der Waals surface area contributed by atoms with Gasteiger partial charge in [0.25, 0.3) is 0 Å². The number of fused-ring (bicyclic) bond motifs is 1. The zero-order valence-corrected chi connectivity index (χ0v) is 14.9. The number of benzene rings is 2. The van der Waals surface area contributed by atoms with Gasteiger partial charge >= 0.3 is 6.18 Å². The van der Waals surface area contributed by atoms with Gasteiger partial charge in [-0.25, -0.2) is 4.98 Å². The molecule has 0 fully saturated rings. The molecule has 27 heavy (non-hydrogen) atoms. The van der Waals surface area contributed by atoms with E-state index >= 15 is 0 Å². The quantitative estimate of drug-likeness (QED) is 0.605. The second kappa shape index (κ2) is 8.56. The van der Waals surface area contributed by atoms with Crippen molar-refractivity contribution < 1.29 is 23.4 Å². The van der Waals surface area contributed by atoms with E-state index in [0.29, 0.717) is 22.5 Å². The number of pyridine rings is 1. The minimum atomic E-state index is -4.39. The summed E-state index contributed by atoms with van der Waals surface area (Å²) < 4.78 is 38.2. The Morgan fingerprint density at radius 3 is 2.33 bits per heavy atom. The summed E-state index contributed by atoms with van der Waals surface area (Å²) in [6.07, 6.45) is -5.31. The zero-order chi connectivity index (χ0) is 18.7. The molecule has 4 nitrogen and oxygen atoms in total. The van der Waals surface area contributed by atoms with Crippen LogP contribution in [0.3, 0.4) is 0 Å². The highest BCUT2D eigenvalue weighted by molar-refractivity contribution is 5.93. The molecule has 1 aromatic heterocycles. The second-order valence-corrected chi connectivity index (χ2v) is 5.86. The molecule has 3 rings (SSSR count). The van der Waals surface area contributed by atoms with Crippen LogP contribution >= 0.6 is 12.4 Å². The largest absolute Gasteiger partial charge is 0.416 e. The molecule has 2 aromatic carbocycles. The number of alkyl halides is 3. The number of aromatic nitrogens is 1. The maximum atomic E-state index is 12.7. The van der Waals surface area contributed by atoms with Gasteiger partial charge < -0.3 is 15.5 Å². The highest BCUT2D eigenvalue weighted by atomic mass is 35.5. The Balaban J connectivity index is 0.00000261. The van der Waals surface area contributed by atoms with Gasteiger partial charge in [-0.3, -0.25) is 0 Å². The minimum absolute atomic E-state index is 0. The van der Waals surface area contributed by atoms with Crippen LogP contribution in [0.15, 0.2) is 54.6 Å². The predicted molar refractivity (Wildman–Crippen MR) is 101 cm³/mol. The Morgan fingerprint density at radius 1 is 1.04 bits per heavy atom. The van der Waals surface area contributed by atoms with E-state index in [-0.39, 0.29) is 25.6 Å². The summed E-state index contributed by atoms with van der Waals surface area (Å²) in [5.74, 6) is 0. The van der Waals surface area contributed by atoms with Crippen LogP contribution in [0.2, 0.25) is 0 Å². The van der Waals surface area contributed by atoms with Crippen LogP contribution in [0.25, 0.3) is 22.2 Å². The van der Waals surface area contributed by atoms with E-state index in [1.54, 1.807) is 12.1 Å². The average molecular weight is 399 g/mol. The van der Waals surface area contributed by atoms with E-state index in [0.717, 1.165) is 17.5 Å². The molecular formula is C19H18ClF3N2O2. The number of aliphatic hydroxyl groups is 2. The number of aliphatic hydroxyl groups excluding tert-OH is 2. The fourth-order valence-corrected chi connectivity index (χ4v) is 2.59. The van der Waals surface area contributed by atoms with Crippen LogP contribution in [0, 0.1) is 0 Å². The lowest BCUT2D eigenvalue weighted by Gasteiger charge is -2.14. The predicted octanol–water partition coefficient (Wildman–Crippen LogP) is 4.11. The molecule has 1 unspecified atom stereocenters. The number of anilines is 1. The third kappa shape index (κ3) is 4.88. The van der Waals surface area contributed by atoms with Gasteiger partial charge in [-0.2, -0.15) is 13.2 Å². The van der Waals surface area contributed by atoms with Crippen molar-refractivity contribution in [3.05, 3.63) is 60.2 Å². The molecule has 0 saturated carbocycles. The number of nitrogens with zero attached hydrogens (tertiary/aromatic N) is 1. The summed E-state index contributed by atoms with van der Waals surface area (Å²) in [5, 5.41) is 22.4. The number of rotatable bonds is 5. The third-order valence-electron chi connectivity index (χ3n) is 3.96. The third-order valence-corrected chi connectivity index (χ3v) is 3.96. The first-order valence-electron chi connectivity index (χ1n) is 7.98. The summed E-state index contributed by atoms with van der Waals surface area (Å²) in [4.78, 5) is 4.51. The highest BCUT2D eigenvalue weighted by Crippen LogP contribution is 2.32. The lowest BCUT2D eigenvalue weighted by Crippen LogP contribution is -2.23. The molecule has 8 heteroatoms. The molecule has 0 bridgehead atoms. The van der Waals surface area contributed by atoms with E-state index in [1.807, 2.05) is 18.2 Å². The van der Waals surface area contributed by atoms with Gasteiger partial charge in [0.1, 0.15) is 0 Å². The normalized spacial score (nSPS) is 12.5. The van der Waals surface area contributed by atoms with Crippen molar-refractivity contribution in [2.45, 2.75) is 12.3 Å². The SMILES string of the molecule is Cl.OCC(O)CNc1cc(-c2ccc(C(F)(F)F)cc2)nc2ccccc12. The van der Waals surface area contributed by atoms with Gasteiger partial charge in [-0.05, 0) is 24.3 Å². The molecule has 1 atom stereocenters. The van der Waals surface area contributed by atoms with Gasteiger partial charge in [0.05, 0.1) is 29.5 Å². The minimum Gasteiger partial charge on any atom is -0.394 e. The monoisotopic (exact) mass is 398 g/mol. The van der Waals surface area contributed by atoms with Gasteiger partial charge in [0.15, 0.2) is 0 Å². The van der Waals surface area contributed by atoms with Crippen molar-refractivity contribution in [3.8, 4) is 11.3 Å². The standard InChI is InChI=1S/C19H17F3N2O2.ClH/c20-19(21,22)13-7-5-12(6-8-13)17-9-18(23-10-14(26)11-25)15-3-1-2-4-16(15)24-17;/h1-9,14,25-26H,10-11H2,(H,23,24);1H. The topological polar surface area (TPSA) is 65.4 Å². The van der Waals surface area contributed by atoms with Gasteiger partial charge in [-0.15, -0.1) is 12.4 Å². The Hall–Kier alpha value is -2.35. The van der Waals surface area contributed by atoms with Crippen LogP contribution in [0.1, 0.15) is 5.56 Å². The second-order valence-electron chi connectivity index (χ2n) is 5.86. The summed E-state index contributed by atoms with van der Waals surface area (Å²) in [7, 11) is 0. The van der Waals surface area contributed by atoms with Crippen LogP contribution in [-0.4, -0.2) is 34.5 Å². The Morgan fingerprint density at radius 2 is 1.70 bits per heavy atom. The van der Waals surface area contributed by atoms with Gasteiger partial charge in [0.2, 0.25) is 0 Å². The van der Waals surface area contributed by atoms with Gasteiger partial charge in [-0.1, -0.05) is 30.3 Å². The van der Waals surface area contributed by atoms with Crippen molar-refractivity contribution in [2.75, 3.05) is 18.5 Å². The number of para-hydroxylation sites is 1. The number of halogens is 4. The highest BCUT2D eigenvalue weighted by Gasteiger charge is 2.30. The van der Waals surface area contributed by atoms with E-state index in [2.05, 4.69) is 10.3 Å². The molecule has 0 radical (unpaired) electrons. The molecule has 0 aliphatic rings. The maximum absolute atomic E-state index is 12.7. The van der Waals surface area contributed by atoms with Crippen LogP contribution in [0.4, 0.5) is 18.9 Å². The smallest absolute Gasteiger partial charge is 0.394 e. The average Bonchev–Trinajstić information content (AvgIpc) is 2.65. The van der Waals surface area contributed by atoms with Crippen LogP contribution in [-0.2, 0) is 6.18 Å². The molecule has 0 amide bonds. The van der Waals surface area contributed by atoms with Crippen molar-refractivity contribution in [3.63, 3.8) is 0 Å². The summed E-state index contributed by atoms with van der Waals surface area (Å²) in [5.41, 5.74) is 1.70. The first-order valence-corrected chi connectivity index (χ1v) is 7.98. The lowest BCUT2D eigenvalue weighted by atomic mass is 10.1. The van der Waals surface area contributed by atoms with E-state index < -0.39 is 17.8 Å². The van der Waals surface area contributed by atoms with Crippen molar-refractivity contribution in [1.29, 1.82) is 0 Å². The number of nitrogens with one attached hydrogen (secondary N) is 1. The van der Waals surface area contributed by atoms with Gasteiger partial charge in [0, 0.05) is 23.2 Å². The molecule has 0 aliphatic heterocycles. The van der Waals surface area contributed by atoms with Crippen LogP contribution < -0.4 is 5.32 Å². The number of hydrogen-bond acceptors (Lipinski definition) is 4. The summed E-state index contributed by atoms with van der Waals surface area (Å²) in [6, 6.07) is 13.8. The Labute approximate surface area is 160 Å². The fraction of sp³-hybridized carbons (Fsp3) is 0.211. The van der Waals surface area contributed by atoms with Crippen molar-refractivity contribution in [1.82, 2.24) is 4.98 Å². The van der Waals surface area contributed by atoms with E-state index in [4.69, 9.17) is 5.11 Å². The first kappa shape index (κ1) is 21.0. The lowest BCUT2D eigenvalue weighted by molar-refractivity contribution is -0.137. The first-order chi connectivity index (χ1) is 12.4. The molecule has 0 spiro atoms. The van der Waals surface area contributed by atoms with Crippen molar-refractivity contribution in [2.24, 2.45) is 0 Å². The molecule has 3 aromatic rings. The van der Waals surface area contributed by atoms with E-state index in [1.165, 1.54) is 12.1 Å². The molecular weight excluding hydrogens is 381 g/mol. The number of hydrogen-bond donors (Lipinski definition) is 3. The van der Waals surface area contributed by atoms with Crippen LogP contribution in [0.5, 0.6) is 0 Å². The summed E-state index contributed by atoms with van der Waals surface area (Å²) >= 11 is 0. The summed E-state index contributed by atoms with van der Waals surface area (Å²) in [6.45, 7) is -0.237. The molecule has 1 heterocycles. The van der Waals surface area contributed by atoms with Crippen molar-refractivity contribution >= 4 is 29.0 Å². The fourth-order valence-electron chi connectivity index (χ4n) is 2.59. The Kier molecular flexibility index (Phi) is 6.64.